The maximum atomic E-state index is 12.4. The summed E-state index contributed by atoms with van der Waals surface area (Å²) < 4.78 is 6.30. The molecule has 5 heteroatoms. The van der Waals surface area contributed by atoms with Gasteiger partial charge in [0.15, 0.2) is 0 Å². The Hall–Kier alpha value is -2.24. The van der Waals surface area contributed by atoms with Gasteiger partial charge < -0.3 is 15.0 Å². The molecule has 5 nitrogen and oxygen atoms in total. The molecular weight excluding hydrogens is 434 g/mol. The third-order valence-corrected chi connectivity index (χ3v) is 7.96. The van der Waals surface area contributed by atoms with Gasteiger partial charge in [-0.2, -0.15) is 0 Å². The molecule has 0 spiro atoms. The molecule has 1 N–H and O–H groups in total. The minimum Gasteiger partial charge on any atom is -0.377 e. The zero-order chi connectivity index (χ0) is 24.0. The van der Waals surface area contributed by atoms with Crippen molar-refractivity contribution in [1.82, 2.24) is 9.88 Å². The van der Waals surface area contributed by atoms with Crippen molar-refractivity contribution in [1.29, 1.82) is 0 Å². The largest absolute Gasteiger partial charge is 0.377 e. The van der Waals surface area contributed by atoms with Crippen molar-refractivity contribution in [2.75, 3.05) is 38.1 Å². The van der Waals surface area contributed by atoms with Gasteiger partial charge in [0, 0.05) is 31.3 Å². The molecule has 0 bridgehead atoms. The number of pyridine rings is 1. The molecule has 2 aliphatic heterocycles. The number of ether oxygens (including phenoxy) is 1. The Morgan fingerprint density at radius 2 is 2.00 bits per heavy atom. The number of ketones is 1. The molecule has 0 unspecified atom stereocenters. The average molecular weight is 476 g/mol. The number of likely N-dealkylation sites (tertiary alicyclic amines) is 1. The number of benzene rings is 1. The van der Waals surface area contributed by atoms with Crippen LogP contribution >= 0.6 is 0 Å². The molecule has 1 aliphatic carbocycles. The van der Waals surface area contributed by atoms with Crippen LogP contribution in [0.2, 0.25) is 0 Å². The predicted octanol–water partition coefficient (Wildman–Crippen LogP) is 5.49. The molecule has 0 radical (unpaired) electrons. The second-order valence-electron chi connectivity index (χ2n) is 10.8. The zero-order valence-corrected chi connectivity index (χ0v) is 21.3. The van der Waals surface area contributed by atoms with E-state index >= 15 is 0 Å². The van der Waals surface area contributed by atoms with E-state index in [9.17, 15) is 4.79 Å². The Kier molecular flexibility index (Phi) is 8.15. The Bertz CT molecular complexity index is 986. The molecule has 188 valence electrons. The van der Waals surface area contributed by atoms with Crippen molar-refractivity contribution in [3.63, 3.8) is 0 Å². The normalized spacial score (nSPS) is 21.2. The summed E-state index contributed by atoms with van der Waals surface area (Å²) >= 11 is 0. The van der Waals surface area contributed by atoms with E-state index in [1.54, 1.807) is 6.92 Å². The fraction of sp³-hybridized carbons (Fsp3) is 0.600. The van der Waals surface area contributed by atoms with Crippen LogP contribution in [0.1, 0.15) is 86.1 Å². The number of carbonyl (C=O) groups is 1. The number of aryl methyl sites for hydroxylation is 2. The van der Waals surface area contributed by atoms with Crippen LogP contribution < -0.4 is 5.32 Å². The summed E-state index contributed by atoms with van der Waals surface area (Å²) in [6.45, 7) is 6.66. The number of hydrogen-bond acceptors (Lipinski definition) is 5. The van der Waals surface area contributed by atoms with Gasteiger partial charge in [-0.1, -0.05) is 30.3 Å². The second kappa shape index (κ2) is 11.7. The van der Waals surface area contributed by atoms with Crippen LogP contribution in [0.3, 0.4) is 0 Å². The minimum atomic E-state index is -0.0541. The first-order valence-electron chi connectivity index (χ1n) is 13.8. The lowest BCUT2D eigenvalue weighted by Crippen LogP contribution is -2.40. The lowest BCUT2D eigenvalue weighted by atomic mass is 9.91. The smallest absolute Gasteiger partial charge is 0.137 e. The van der Waals surface area contributed by atoms with Crippen LogP contribution in [0.4, 0.5) is 5.82 Å². The van der Waals surface area contributed by atoms with Gasteiger partial charge in [-0.25, -0.2) is 4.98 Å². The van der Waals surface area contributed by atoms with E-state index in [-0.39, 0.29) is 17.8 Å². The van der Waals surface area contributed by atoms with Crippen molar-refractivity contribution in [2.24, 2.45) is 0 Å². The number of aromatic nitrogens is 1. The maximum Gasteiger partial charge on any atom is 0.137 e. The quantitative estimate of drug-likeness (QED) is 0.465. The van der Waals surface area contributed by atoms with Crippen LogP contribution in [0.15, 0.2) is 36.4 Å². The van der Waals surface area contributed by atoms with E-state index in [1.165, 1.54) is 42.5 Å². The molecule has 2 aromatic rings. The van der Waals surface area contributed by atoms with Gasteiger partial charge in [-0.05, 0) is 106 Å². The molecule has 1 saturated heterocycles. The van der Waals surface area contributed by atoms with E-state index in [2.05, 4.69) is 46.6 Å². The van der Waals surface area contributed by atoms with Crippen molar-refractivity contribution in [3.8, 4) is 0 Å². The first-order chi connectivity index (χ1) is 17.2. The van der Waals surface area contributed by atoms with Gasteiger partial charge >= 0.3 is 0 Å². The molecule has 2 fully saturated rings. The first kappa shape index (κ1) is 24.5. The van der Waals surface area contributed by atoms with E-state index < -0.39 is 0 Å². The molecule has 1 aromatic carbocycles. The number of Topliss-reactive ketones (excluding diaryl/α,β-unsaturated/α-hetero) is 1. The van der Waals surface area contributed by atoms with Crippen molar-refractivity contribution in [2.45, 2.75) is 82.7 Å². The van der Waals surface area contributed by atoms with Crippen molar-refractivity contribution < 1.29 is 9.53 Å². The highest BCUT2D eigenvalue weighted by Gasteiger charge is 2.25. The molecule has 35 heavy (non-hydrogen) atoms. The van der Waals surface area contributed by atoms with Crippen LogP contribution in [0.25, 0.3) is 0 Å². The lowest BCUT2D eigenvalue weighted by molar-refractivity contribution is -0.119. The van der Waals surface area contributed by atoms with Gasteiger partial charge in [-0.3, -0.25) is 4.79 Å². The third kappa shape index (κ3) is 6.71. The number of piperidine rings is 1. The molecule has 1 aromatic heterocycles. The Labute approximate surface area is 210 Å². The van der Waals surface area contributed by atoms with Crippen LogP contribution in [-0.4, -0.2) is 54.6 Å². The molecule has 0 amide bonds. The number of nitrogens with one attached hydrogen (secondary N) is 1. The number of nitrogens with zero attached hydrogens (tertiary/aromatic N) is 2. The predicted molar refractivity (Wildman–Crippen MR) is 141 cm³/mol. The Morgan fingerprint density at radius 3 is 2.80 bits per heavy atom. The molecule has 3 aliphatic rings. The highest BCUT2D eigenvalue weighted by atomic mass is 16.5. The van der Waals surface area contributed by atoms with Gasteiger partial charge in [0.05, 0.1) is 6.10 Å². The number of rotatable bonds is 11. The topological polar surface area (TPSA) is 54.5 Å². The summed E-state index contributed by atoms with van der Waals surface area (Å²) in [6, 6.07) is 13.2. The maximum absolute atomic E-state index is 12.4. The molecule has 2 atom stereocenters. The summed E-state index contributed by atoms with van der Waals surface area (Å²) in [7, 11) is 0. The van der Waals surface area contributed by atoms with Crippen molar-refractivity contribution >= 4 is 11.6 Å². The lowest BCUT2D eigenvalue weighted by Gasteiger charge is -2.33. The monoisotopic (exact) mass is 475 g/mol. The van der Waals surface area contributed by atoms with Crippen molar-refractivity contribution in [3.05, 3.63) is 58.8 Å². The molecule has 3 heterocycles. The van der Waals surface area contributed by atoms with E-state index in [0.717, 1.165) is 75.6 Å². The summed E-state index contributed by atoms with van der Waals surface area (Å²) in [5, 5.41) is 3.44. The fourth-order valence-corrected chi connectivity index (χ4v) is 5.72. The van der Waals surface area contributed by atoms with Crippen LogP contribution in [0, 0.1) is 0 Å². The fourth-order valence-electron chi connectivity index (χ4n) is 5.72. The SMILES string of the molecule is CC(=O)[C@@H](CCO[C@@H]1CCCN(CCCc2ccc3c(n2)NCCC3)C1)c1ccc(C2CC2)cc1. The van der Waals surface area contributed by atoms with Crippen LogP contribution in [-0.2, 0) is 22.4 Å². The van der Waals surface area contributed by atoms with E-state index in [0.29, 0.717) is 6.61 Å². The van der Waals surface area contributed by atoms with Gasteiger partial charge in [0.2, 0.25) is 0 Å². The highest BCUT2D eigenvalue weighted by molar-refractivity contribution is 5.83. The third-order valence-electron chi connectivity index (χ3n) is 7.96. The number of anilines is 1. The number of carbonyl (C=O) groups excluding carboxylic acids is 1. The molecule has 5 rings (SSSR count). The summed E-state index contributed by atoms with van der Waals surface area (Å²) in [6.07, 6.45) is 10.5. The zero-order valence-electron chi connectivity index (χ0n) is 21.3. The Balaban J connectivity index is 1.04. The molecular formula is C30H41N3O2. The highest BCUT2D eigenvalue weighted by Crippen LogP contribution is 2.40. The van der Waals surface area contributed by atoms with E-state index in [4.69, 9.17) is 9.72 Å². The second-order valence-corrected chi connectivity index (χ2v) is 10.8. The number of fused-ring (bicyclic) bond motifs is 1. The summed E-state index contributed by atoms with van der Waals surface area (Å²) in [5.41, 5.74) is 5.12. The Morgan fingerprint density at radius 1 is 1.14 bits per heavy atom. The minimum absolute atomic E-state index is 0.0541. The summed E-state index contributed by atoms with van der Waals surface area (Å²) in [4.78, 5) is 19.7. The summed E-state index contributed by atoms with van der Waals surface area (Å²) in [5.74, 6) is 2.04. The van der Waals surface area contributed by atoms with Gasteiger partial charge in [0.25, 0.3) is 0 Å². The molecule has 1 saturated carbocycles. The van der Waals surface area contributed by atoms with Crippen LogP contribution in [0.5, 0.6) is 0 Å². The average Bonchev–Trinajstić information content (AvgIpc) is 3.73. The standard InChI is InChI=1S/C30H41N3O2/c1-22(34)29(25-12-10-24(11-13-25)23-8-9-23)16-20-35-28-7-4-19-33(21-28)18-3-6-27-15-14-26-5-2-17-31-30(26)32-27/h10-15,23,28-29H,2-9,16-21H2,1H3,(H,31,32)/t28-,29-/m1/s1. The van der Waals surface area contributed by atoms with Gasteiger partial charge in [-0.15, -0.1) is 0 Å². The van der Waals surface area contributed by atoms with E-state index in [1.807, 2.05) is 0 Å². The number of hydrogen-bond donors (Lipinski definition) is 1. The first-order valence-corrected chi connectivity index (χ1v) is 13.8. The van der Waals surface area contributed by atoms with Gasteiger partial charge in [0.1, 0.15) is 11.6 Å².